The van der Waals surface area contributed by atoms with E-state index in [4.69, 9.17) is 11.6 Å². The highest BCUT2D eigenvalue weighted by Gasteiger charge is 2.12. The number of amides is 1. The molecule has 0 aliphatic rings. The van der Waals surface area contributed by atoms with Crippen LogP contribution in [0.4, 0.5) is 0 Å². The van der Waals surface area contributed by atoms with Crippen LogP contribution in [0.1, 0.15) is 10.4 Å². The van der Waals surface area contributed by atoms with E-state index in [0.717, 1.165) is 0 Å². The Hall–Kier alpha value is -0.610. The highest BCUT2D eigenvalue weighted by Crippen LogP contribution is 2.19. The Labute approximate surface area is 89.8 Å². The number of pyridine rings is 1. The molecule has 0 saturated heterocycles. The van der Waals surface area contributed by atoms with E-state index in [2.05, 4.69) is 20.9 Å². The third-order valence-electron chi connectivity index (χ3n) is 1.46. The largest absolute Gasteiger partial charge is 0.345 e. The lowest BCUT2D eigenvalue weighted by Crippen LogP contribution is -2.22. The number of hydrogen-bond donors (Lipinski definition) is 0. The van der Waals surface area contributed by atoms with E-state index in [9.17, 15) is 4.79 Å². The molecule has 0 radical (unpaired) electrons. The Morgan fingerprint density at radius 3 is 2.77 bits per heavy atom. The zero-order valence-corrected chi connectivity index (χ0v) is 9.56. The van der Waals surface area contributed by atoms with Gasteiger partial charge in [0.05, 0.1) is 5.56 Å². The zero-order chi connectivity index (χ0) is 10.0. The molecule has 0 fully saturated rings. The molecule has 0 unspecified atom stereocenters. The van der Waals surface area contributed by atoms with Gasteiger partial charge in [0.25, 0.3) is 5.91 Å². The van der Waals surface area contributed by atoms with Crippen LogP contribution >= 0.6 is 27.5 Å². The molecule has 0 atom stereocenters. The number of nitrogens with zero attached hydrogens (tertiary/aromatic N) is 2. The molecule has 1 rings (SSSR count). The average molecular weight is 264 g/mol. The van der Waals surface area contributed by atoms with Crippen LogP contribution in [-0.2, 0) is 0 Å². The summed E-state index contributed by atoms with van der Waals surface area (Å²) in [6, 6.07) is 1.54. The van der Waals surface area contributed by atoms with Gasteiger partial charge in [-0.1, -0.05) is 11.6 Å². The molecule has 3 nitrogen and oxygen atoms in total. The van der Waals surface area contributed by atoms with Crippen molar-refractivity contribution in [1.29, 1.82) is 0 Å². The molecule has 0 aromatic carbocycles. The van der Waals surface area contributed by atoms with E-state index in [0.29, 0.717) is 15.2 Å². The molecule has 1 aromatic heterocycles. The molecule has 1 amide bonds. The van der Waals surface area contributed by atoms with Gasteiger partial charge in [-0.15, -0.1) is 0 Å². The minimum absolute atomic E-state index is 0.101. The molecule has 0 saturated carbocycles. The van der Waals surface area contributed by atoms with Crippen molar-refractivity contribution in [3.63, 3.8) is 0 Å². The first-order chi connectivity index (χ1) is 6.02. The number of rotatable bonds is 1. The van der Waals surface area contributed by atoms with Gasteiger partial charge in [0, 0.05) is 24.8 Å². The quantitative estimate of drug-likeness (QED) is 0.728. The highest BCUT2D eigenvalue weighted by atomic mass is 79.9. The lowest BCUT2D eigenvalue weighted by atomic mass is 10.2. The van der Waals surface area contributed by atoms with Crippen molar-refractivity contribution in [1.82, 2.24) is 9.88 Å². The zero-order valence-electron chi connectivity index (χ0n) is 7.21. The molecule has 0 aliphatic heterocycles. The molecule has 5 heteroatoms. The summed E-state index contributed by atoms with van der Waals surface area (Å²) >= 11 is 8.89. The number of hydrogen-bond acceptors (Lipinski definition) is 2. The fourth-order valence-electron chi connectivity index (χ4n) is 0.818. The average Bonchev–Trinajstić information content (AvgIpc) is 2.08. The van der Waals surface area contributed by atoms with Crippen molar-refractivity contribution < 1.29 is 4.79 Å². The maximum Gasteiger partial charge on any atom is 0.254 e. The summed E-state index contributed by atoms with van der Waals surface area (Å²) in [5, 5.41) is 0.313. The van der Waals surface area contributed by atoms with Gasteiger partial charge in [-0.2, -0.15) is 0 Å². The van der Waals surface area contributed by atoms with Gasteiger partial charge < -0.3 is 4.90 Å². The van der Waals surface area contributed by atoms with Crippen molar-refractivity contribution in [3.8, 4) is 0 Å². The Morgan fingerprint density at radius 1 is 1.62 bits per heavy atom. The summed E-state index contributed by atoms with van der Waals surface area (Å²) in [6.45, 7) is 0. The number of aromatic nitrogens is 1. The lowest BCUT2D eigenvalue weighted by Gasteiger charge is -2.11. The summed E-state index contributed by atoms with van der Waals surface area (Å²) in [6.07, 6.45) is 1.51. The monoisotopic (exact) mass is 262 g/mol. The van der Waals surface area contributed by atoms with E-state index >= 15 is 0 Å². The molecular formula is C8H8BrClN2O. The van der Waals surface area contributed by atoms with Crippen molar-refractivity contribution >= 4 is 33.4 Å². The maximum absolute atomic E-state index is 11.5. The van der Waals surface area contributed by atoms with Crippen molar-refractivity contribution in [2.45, 2.75) is 0 Å². The minimum Gasteiger partial charge on any atom is -0.345 e. The fourth-order valence-corrected chi connectivity index (χ4v) is 1.36. The van der Waals surface area contributed by atoms with E-state index < -0.39 is 0 Å². The number of carbonyl (C=O) groups excluding carboxylic acids is 1. The van der Waals surface area contributed by atoms with Crippen LogP contribution in [0.5, 0.6) is 0 Å². The van der Waals surface area contributed by atoms with Crippen LogP contribution in [0.2, 0.25) is 5.15 Å². The predicted molar refractivity (Wildman–Crippen MR) is 55.0 cm³/mol. The second-order valence-corrected chi connectivity index (χ2v) is 3.93. The van der Waals surface area contributed by atoms with Crippen LogP contribution in [0.3, 0.4) is 0 Å². The van der Waals surface area contributed by atoms with Crippen molar-refractivity contribution in [2.24, 2.45) is 0 Å². The molecule has 0 aliphatic carbocycles. The first-order valence-electron chi connectivity index (χ1n) is 3.55. The number of carbonyl (C=O) groups is 1. The molecule has 0 bridgehead atoms. The predicted octanol–water partition coefficient (Wildman–Crippen LogP) is 2.20. The molecule has 0 spiro atoms. The minimum atomic E-state index is -0.101. The van der Waals surface area contributed by atoms with Crippen LogP contribution < -0.4 is 0 Å². The van der Waals surface area contributed by atoms with E-state index in [1.165, 1.54) is 17.2 Å². The second kappa shape index (κ2) is 4.07. The molecule has 0 N–H and O–H groups in total. The van der Waals surface area contributed by atoms with Gasteiger partial charge in [0.2, 0.25) is 0 Å². The fraction of sp³-hybridized carbons (Fsp3) is 0.250. The van der Waals surface area contributed by atoms with E-state index in [1.807, 2.05) is 0 Å². The summed E-state index contributed by atoms with van der Waals surface area (Å²) < 4.78 is 0.649. The Morgan fingerprint density at radius 2 is 2.23 bits per heavy atom. The Balaban J connectivity index is 3.13. The topological polar surface area (TPSA) is 33.2 Å². The van der Waals surface area contributed by atoms with E-state index in [1.54, 1.807) is 14.1 Å². The summed E-state index contributed by atoms with van der Waals surface area (Å²) in [4.78, 5) is 16.8. The molecule has 13 heavy (non-hydrogen) atoms. The third-order valence-corrected chi connectivity index (χ3v) is 2.30. The second-order valence-electron chi connectivity index (χ2n) is 2.69. The SMILES string of the molecule is CN(C)C(=O)c1cc(Cl)ncc1Br. The van der Waals surface area contributed by atoms with Crippen LogP contribution in [0.25, 0.3) is 0 Å². The van der Waals surface area contributed by atoms with E-state index in [-0.39, 0.29) is 5.91 Å². The van der Waals surface area contributed by atoms with Crippen LogP contribution in [0, 0.1) is 0 Å². The third kappa shape index (κ3) is 2.42. The van der Waals surface area contributed by atoms with Crippen LogP contribution in [0.15, 0.2) is 16.7 Å². The lowest BCUT2D eigenvalue weighted by molar-refractivity contribution is 0.0826. The van der Waals surface area contributed by atoms with Gasteiger partial charge in [0.15, 0.2) is 0 Å². The normalized spacial score (nSPS) is 9.85. The first-order valence-corrected chi connectivity index (χ1v) is 4.72. The van der Waals surface area contributed by atoms with Gasteiger partial charge in [-0.05, 0) is 22.0 Å². The summed E-state index contributed by atoms with van der Waals surface area (Å²) in [7, 11) is 3.37. The summed E-state index contributed by atoms with van der Waals surface area (Å²) in [5.74, 6) is -0.101. The van der Waals surface area contributed by atoms with Crippen molar-refractivity contribution in [2.75, 3.05) is 14.1 Å². The van der Waals surface area contributed by atoms with Gasteiger partial charge in [0.1, 0.15) is 5.15 Å². The molecule has 1 heterocycles. The Kier molecular flexibility index (Phi) is 3.27. The summed E-state index contributed by atoms with van der Waals surface area (Å²) in [5.41, 5.74) is 0.519. The number of halogens is 2. The van der Waals surface area contributed by atoms with Gasteiger partial charge in [-0.25, -0.2) is 4.98 Å². The van der Waals surface area contributed by atoms with Gasteiger partial charge in [-0.3, -0.25) is 4.79 Å². The smallest absolute Gasteiger partial charge is 0.254 e. The molecule has 70 valence electrons. The van der Waals surface area contributed by atoms with Gasteiger partial charge >= 0.3 is 0 Å². The standard InChI is InChI=1S/C8H8BrClN2O/c1-12(2)8(13)5-3-7(10)11-4-6(5)9/h3-4H,1-2H3. The first kappa shape index (κ1) is 10.5. The highest BCUT2D eigenvalue weighted by molar-refractivity contribution is 9.10. The molecular weight excluding hydrogens is 255 g/mol. The maximum atomic E-state index is 11.5. The molecule has 1 aromatic rings. The van der Waals surface area contributed by atoms with Crippen molar-refractivity contribution in [3.05, 3.63) is 27.5 Å². The van der Waals surface area contributed by atoms with Crippen LogP contribution in [-0.4, -0.2) is 29.9 Å². The Bertz CT molecular complexity index is 341.